The minimum absolute atomic E-state index is 0.00826. The number of hydrogen-bond acceptors (Lipinski definition) is 2. The van der Waals surface area contributed by atoms with Crippen molar-refractivity contribution in [2.45, 2.75) is 13.8 Å². The SMILES string of the molecule is CCNCCNC(=O)c1cccc(I)c1C. The van der Waals surface area contributed by atoms with Crippen molar-refractivity contribution in [3.05, 3.63) is 32.9 Å². The highest BCUT2D eigenvalue weighted by atomic mass is 127. The minimum Gasteiger partial charge on any atom is -0.351 e. The van der Waals surface area contributed by atoms with Gasteiger partial charge in [-0.05, 0) is 53.8 Å². The van der Waals surface area contributed by atoms with E-state index in [1.165, 1.54) is 0 Å². The number of amides is 1. The molecule has 0 heterocycles. The lowest BCUT2D eigenvalue weighted by molar-refractivity contribution is 0.0953. The van der Waals surface area contributed by atoms with E-state index in [0.717, 1.165) is 27.8 Å². The molecule has 0 bridgehead atoms. The van der Waals surface area contributed by atoms with Crippen molar-refractivity contribution in [3.63, 3.8) is 0 Å². The summed E-state index contributed by atoms with van der Waals surface area (Å²) in [6.45, 7) is 6.42. The molecule has 0 unspecified atom stereocenters. The summed E-state index contributed by atoms with van der Waals surface area (Å²) < 4.78 is 1.12. The summed E-state index contributed by atoms with van der Waals surface area (Å²) >= 11 is 2.24. The lowest BCUT2D eigenvalue weighted by atomic mass is 10.1. The molecule has 0 spiro atoms. The number of carbonyl (C=O) groups is 1. The summed E-state index contributed by atoms with van der Waals surface area (Å²) in [4.78, 5) is 11.8. The molecular weight excluding hydrogens is 315 g/mol. The first kappa shape index (κ1) is 13.4. The molecule has 0 radical (unpaired) electrons. The molecule has 0 aliphatic carbocycles. The van der Waals surface area contributed by atoms with E-state index >= 15 is 0 Å². The lowest BCUT2D eigenvalue weighted by Gasteiger charge is -2.08. The molecule has 1 aromatic carbocycles. The van der Waals surface area contributed by atoms with Crippen molar-refractivity contribution >= 4 is 28.5 Å². The van der Waals surface area contributed by atoms with Gasteiger partial charge in [-0.25, -0.2) is 0 Å². The second kappa shape index (κ2) is 6.85. The van der Waals surface area contributed by atoms with Crippen LogP contribution in [0.1, 0.15) is 22.8 Å². The Kier molecular flexibility index (Phi) is 5.76. The first-order chi connectivity index (χ1) is 7.66. The number of carbonyl (C=O) groups excluding carboxylic acids is 1. The molecule has 0 aromatic heterocycles. The van der Waals surface area contributed by atoms with Gasteiger partial charge in [0.1, 0.15) is 0 Å². The Balaban J connectivity index is 2.56. The van der Waals surface area contributed by atoms with Gasteiger partial charge in [-0.3, -0.25) is 4.79 Å². The van der Waals surface area contributed by atoms with Gasteiger partial charge in [0.25, 0.3) is 5.91 Å². The number of rotatable bonds is 5. The van der Waals surface area contributed by atoms with Gasteiger partial charge in [0.15, 0.2) is 0 Å². The van der Waals surface area contributed by atoms with Crippen LogP contribution in [0.2, 0.25) is 0 Å². The number of benzene rings is 1. The number of nitrogens with one attached hydrogen (secondary N) is 2. The van der Waals surface area contributed by atoms with Crippen LogP contribution in [0.4, 0.5) is 0 Å². The van der Waals surface area contributed by atoms with Crippen LogP contribution < -0.4 is 10.6 Å². The largest absolute Gasteiger partial charge is 0.351 e. The molecule has 0 aliphatic heterocycles. The molecule has 0 saturated carbocycles. The minimum atomic E-state index is 0.00826. The molecule has 3 nitrogen and oxygen atoms in total. The van der Waals surface area contributed by atoms with Crippen molar-refractivity contribution in [3.8, 4) is 0 Å². The summed E-state index contributed by atoms with van der Waals surface area (Å²) in [5.41, 5.74) is 1.81. The van der Waals surface area contributed by atoms with Crippen LogP contribution in [0, 0.1) is 10.5 Å². The molecule has 1 rings (SSSR count). The van der Waals surface area contributed by atoms with Crippen LogP contribution >= 0.6 is 22.6 Å². The fourth-order valence-corrected chi connectivity index (χ4v) is 1.89. The highest BCUT2D eigenvalue weighted by molar-refractivity contribution is 14.1. The predicted molar refractivity (Wildman–Crippen MR) is 74.8 cm³/mol. The molecule has 16 heavy (non-hydrogen) atoms. The van der Waals surface area contributed by atoms with Crippen molar-refractivity contribution in [1.82, 2.24) is 10.6 Å². The van der Waals surface area contributed by atoms with E-state index in [1.54, 1.807) is 0 Å². The summed E-state index contributed by atoms with van der Waals surface area (Å²) in [6, 6.07) is 5.78. The first-order valence-electron chi connectivity index (χ1n) is 5.40. The van der Waals surface area contributed by atoms with Gasteiger partial charge in [-0.15, -0.1) is 0 Å². The van der Waals surface area contributed by atoms with Gasteiger partial charge < -0.3 is 10.6 Å². The third-order valence-corrected chi connectivity index (χ3v) is 3.52. The van der Waals surface area contributed by atoms with Crippen LogP contribution in [0.15, 0.2) is 18.2 Å². The Labute approximate surface area is 110 Å². The molecule has 0 aliphatic rings. The second-order valence-corrected chi connectivity index (χ2v) is 4.68. The Hall–Kier alpha value is -0.620. The third-order valence-electron chi connectivity index (χ3n) is 2.35. The molecule has 0 fully saturated rings. The zero-order valence-electron chi connectivity index (χ0n) is 9.64. The summed E-state index contributed by atoms with van der Waals surface area (Å²) in [7, 11) is 0. The fourth-order valence-electron chi connectivity index (χ4n) is 1.39. The average Bonchev–Trinajstić information content (AvgIpc) is 2.28. The maximum Gasteiger partial charge on any atom is 0.251 e. The quantitative estimate of drug-likeness (QED) is 0.639. The Morgan fingerprint density at radius 2 is 2.12 bits per heavy atom. The van der Waals surface area contributed by atoms with Gasteiger partial charge in [0.2, 0.25) is 0 Å². The average molecular weight is 332 g/mol. The van der Waals surface area contributed by atoms with E-state index in [0.29, 0.717) is 6.54 Å². The molecule has 4 heteroatoms. The van der Waals surface area contributed by atoms with Gasteiger partial charge >= 0.3 is 0 Å². The van der Waals surface area contributed by atoms with Crippen molar-refractivity contribution in [1.29, 1.82) is 0 Å². The Morgan fingerprint density at radius 3 is 2.81 bits per heavy atom. The molecule has 0 saturated heterocycles. The standard InChI is InChI=1S/C12H17IN2O/c1-3-14-7-8-15-12(16)10-5-4-6-11(13)9(10)2/h4-6,14H,3,7-8H2,1-2H3,(H,15,16). The summed E-state index contributed by atoms with van der Waals surface area (Å²) in [5, 5.41) is 6.06. The van der Waals surface area contributed by atoms with Crippen LogP contribution in [-0.2, 0) is 0 Å². The first-order valence-corrected chi connectivity index (χ1v) is 6.48. The molecule has 0 atom stereocenters. The Bertz CT molecular complexity index is 366. The molecular formula is C12H17IN2O. The summed E-state index contributed by atoms with van der Waals surface area (Å²) in [5.74, 6) is 0.00826. The zero-order valence-corrected chi connectivity index (χ0v) is 11.8. The molecule has 1 amide bonds. The van der Waals surface area contributed by atoms with Crippen molar-refractivity contribution < 1.29 is 4.79 Å². The van der Waals surface area contributed by atoms with Crippen LogP contribution in [-0.4, -0.2) is 25.5 Å². The van der Waals surface area contributed by atoms with Crippen LogP contribution in [0.5, 0.6) is 0 Å². The molecule has 2 N–H and O–H groups in total. The molecule has 88 valence electrons. The van der Waals surface area contributed by atoms with Gasteiger partial charge in [0, 0.05) is 22.2 Å². The lowest BCUT2D eigenvalue weighted by Crippen LogP contribution is -2.32. The van der Waals surface area contributed by atoms with Gasteiger partial charge in [0.05, 0.1) is 0 Å². The van der Waals surface area contributed by atoms with Gasteiger partial charge in [-0.1, -0.05) is 13.0 Å². The maximum absolute atomic E-state index is 11.8. The van der Waals surface area contributed by atoms with Gasteiger partial charge in [-0.2, -0.15) is 0 Å². The molecule has 1 aromatic rings. The topological polar surface area (TPSA) is 41.1 Å². The monoisotopic (exact) mass is 332 g/mol. The number of hydrogen-bond donors (Lipinski definition) is 2. The second-order valence-electron chi connectivity index (χ2n) is 3.52. The zero-order chi connectivity index (χ0) is 12.0. The van der Waals surface area contributed by atoms with E-state index in [1.807, 2.05) is 32.0 Å². The van der Waals surface area contributed by atoms with E-state index in [2.05, 4.69) is 33.2 Å². The predicted octanol–water partition coefficient (Wildman–Crippen LogP) is 1.94. The van der Waals surface area contributed by atoms with E-state index in [4.69, 9.17) is 0 Å². The van der Waals surface area contributed by atoms with E-state index in [-0.39, 0.29) is 5.91 Å². The van der Waals surface area contributed by atoms with E-state index in [9.17, 15) is 4.79 Å². The normalized spacial score (nSPS) is 10.2. The van der Waals surface area contributed by atoms with Crippen molar-refractivity contribution in [2.24, 2.45) is 0 Å². The summed E-state index contributed by atoms with van der Waals surface area (Å²) in [6.07, 6.45) is 0. The highest BCUT2D eigenvalue weighted by Gasteiger charge is 2.09. The van der Waals surface area contributed by atoms with Crippen molar-refractivity contribution in [2.75, 3.05) is 19.6 Å². The maximum atomic E-state index is 11.8. The number of likely N-dealkylation sites (N-methyl/N-ethyl adjacent to an activating group) is 1. The Morgan fingerprint density at radius 1 is 1.38 bits per heavy atom. The fraction of sp³-hybridized carbons (Fsp3) is 0.417. The van der Waals surface area contributed by atoms with E-state index < -0.39 is 0 Å². The van der Waals surface area contributed by atoms with Crippen LogP contribution in [0.25, 0.3) is 0 Å². The third kappa shape index (κ3) is 3.75. The number of halogens is 1. The highest BCUT2D eigenvalue weighted by Crippen LogP contribution is 2.15. The van der Waals surface area contributed by atoms with Crippen LogP contribution in [0.3, 0.4) is 0 Å². The smallest absolute Gasteiger partial charge is 0.251 e.